The van der Waals surface area contributed by atoms with E-state index in [1.54, 1.807) is 0 Å². The lowest BCUT2D eigenvalue weighted by Crippen LogP contribution is -2.61. The molecule has 0 fully saturated rings. The van der Waals surface area contributed by atoms with Crippen LogP contribution in [0.25, 0.3) is 144 Å². The Kier molecular flexibility index (Phi) is 21.2. The molecule has 0 amide bonds. The van der Waals surface area contributed by atoms with E-state index in [9.17, 15) is 11.0 Å². The van der Waals surface area contributed by atoms with Gasteiger partial charge in [0.25, 0.3) is 6.71 Å². The average molecular weight is 1840 g/mol. The monoisotopic (exact) mass is 1840 g/mol. The summed E-state index contributed by atoms with van der Waals surface area (Å²) in [6, 6.07) is 133. The topological polar surface area (TPSA) is 16.3 Å². The summed E-state index contributed by atoms with van der Waals surface area (Å²) in [6.45, 7) is 43.9. The quantitative estimate of drug-likeness (QED) is 0.0796. The Bertz CT molecular complexity index is 7630. The smallest absolute Gasteiger partial charge is 0.252 e. The Morgan fingerprint density at radius 3 is 0.730 bits per heavy atom. The molecule has 2 aromatic heterocycles. The van der Waals surface area contributed by atoms with Gasteiger partial charge in [0.2, 0.25) is 0 Å². The molecule has 21 rings (SSSR count). The van der Waals surface area contributed by atoms with E-state index in [4.69, 9.17) is 0 Å². The van der Waals surface area contributed by atoms with Crippen molar-refractivity contribution < 1.29 is 11.0 Å². The summed E-state index contributed by atoms with van der Waals surface area (Å²) in [7, 11) is 0. The normalized spacial score (nSPS) is 14.4. The molecule has 0 saturated heterocycles. The molecule has 0 radical (unpaired) electrons. The molecule has 0 atom stereocenters. The molecular weight excluding hydrogens is 1700 g/mol. The Morgan fingerprint density at radius 2 is 0.482 bits per heavy atom. The fraction of sp³-hybridized carbons (Fsp3) is 0.250. The fourth-order valence-electron chi connectivity index (χ4n) is 22.0. The minimum absolute atomic E-state index is 0.253. The predicted octanol–water partition coefficient (Wildman–Crippen LogP) is 36.1. The maximum absolute atomic E-state index is 10.3. The van der Waals surface area contributed by atoms with Crippen LogP contribution in [0.15, 0.2) is 364 Å². The molecule has 0 bridgehead atoms. The SMILES string of the molecule is [2H]C([2H])(c1cccc(-c2cc(CC(C)(C)C)cc(-c3cccc(C([2H])([2H])C(C)(C)C)c3)c2N2c3cc(-n4c5ccc(-c6ccccc6)cc5c5cc(-c6ccccc6)ccc54)ccc3B3c4ccc(-n5c6ccc(-c7ccccc7)cc6c6cc(-c7ccccc7)ccc65)cc4N(c4c(-c5cccc(C([2H])([2H])C(C)(C)C)c5)cc(CC(C)(C)C)cc4-c4cccc(C([2H])([2H])C(C)(C)C)c4)c4cc(C(C)(C)C)cc2c43)c1)C(C)(C)C. The lowest BCUT2D eigenvalue weighted by atomic mass is 9.33. The first-order valence-electron chi connectivity index (χ1n) is 54.5. The zero-order valence-corrected chi connectivity index (χ0v) is 85.9. The number of hydrogen-bond acceptors (Lipinski definition) is 2. The molecule has 0 spiro atoms. The number of hydrogen-bond donors (Lipinski definition) is 0. The third-order valence-corrected chi connectivity index (χ3v) is 27.4. The highest BCUT2D eigenvalue weighted by Crippen LogP contribution is 2.57. The van der Waals surface area contributed by atoms with Crippen molar-refractivity contribution in [3.05, 3.63) is 403 Å². The maximum Gasteiger partial charge on any atom is 0.252 e. The zero-order chi connectivity index (χ0) is 105. The summed E-state index contributed by atoms with van der Waals surface area (Å²) >= 11 is 0. The minimum Gasteiger partial charge on any atom is -0.310 e. The molecule has 5 heteroatoms. The van der Waals surface area contributed by atoms with Crippen LogP contribution in [0.1, 0.15) is 195 Å². The van der Waals surface area contributed by atoms with Gasteiger partial charge in [0.1, 0.15) is 0 Å². The molecular formula is C136H135BN4. The predicted molar refractivity (Wildman–Crippen MR) is 610 cm³/mol. The fourth-order valence-corrected chi connectivity index (χ4v) is 22.0. The largest absolute Gasteiger partial charge is 0.310 e. The van der Waals surface area contributed by atoms with E-state index in [0.717, 1.165) is 211 Å². The molecule has 141 heavy (non-hydrogen) atoms. The molecule has 0 aliphatic carbocycles. The number of anilines is 6. The first kappa shape index (κ1) is 83.9. The Balaban J connectivity index is 0.971. The van der Waals surface area contributed by atoms with Gasteiger partial charge in [0.05, 0.1) is 33.4 Å². The van der Waals surface area contributed by atoms with Crippen LogP contribution in [0, 0.1) is 32.5 Å². The lowest BCUT2D eigenvalue weighted by Gasteiger charge is -2.46. The van der Waals surface area contributed by atoms with E-state index in [2.05, 4.69) is 397 Å². The molecule has 702 valence electrons. The van der Waals surface area contributed by atoms with Gasteiger partial charge in [-0.25, -0.2) is 0 Å². The van der Waals surface area contributed by atoms with Crippen LogP contribution < -0.4 is 26.2 Å². The van der Waals surface area contributed by atoms with Crippen LogP contribution in [0.5, 0.6) is 0 Å². The summed E-state index contributed by atoms with van der Waals surface area (Å²) < 4.78 is 87.4. The number of rotatable bonds is 18. The number of nitrogens with zero attached hydrogens (tertiary/aromatic N) is 4. The van der Waals surface area contributed by atoms with Crippen molar-refractivity contribution in [2.24, 2.45) is 32.5 Å². The van der Waals surface area contributed by atoms with Crippen molar-refractivity contribution in [2.75, 3.05) is 9.80 Å². The third-order valence-electron chi connectivity index (χ3n) is 27.4. The van der Waals surface area contributed by atoms with Crippen LogP contribution >= 0.6 is 0 Å². The van der Waals surface area contributed by atoms with Gasteiger partial charge in [-0.1, -0.05) is 400 Å². The second kappa shape index (κ2) is 35.7. The van der Waals surface area contributed by atoms with E-state index in [1.165, 1.54) is 0 Å². The van der Waals surface area contributed by atoms with E-state index in [-0.39, 0.29) is 10.8 Å². The molecule has 17 aromatic carbocycles. The molecule has 2 aliphatic heterocycles. The van der Waals surface area contributed by atoms with Crippen LogP contribution in [-0.4, -0.2) is 15.8 Å². The van der Waals surface area contributed by atoms with Crippen molar-refractivity contribution in [3.63, 3.8) is 0 Å². The summed E-state index contributed by atoms with van der Waals surface area (Å²) in [6.07, 6.45) is -6.01. The van der Waals surface area contributed by atoms with Gasteiger partial charge in [-0.05, 0) is 308 Å². The zero-order valence-electron chi connectivity index (χ0n) is 93.9. The van der Waals surface area contributed by atoms with Gasteiger partial charge < -0.3 is 18.9 Å². The summed E-state index contributed by atoms with van der Waals surface area (Å²) in [5.74, 6) is 0. The van der Waals surface area contributed by atoms with Gasteiger partial charge in [-0.2, -0.15) is 0 Å². The molecule has 2 aliphatic rings. The second-order valence-electron chi connectivity index (χ2n) is 47.2. The lowest BCUT2D eigenvalue weighted by molar-refractivity contribution is 0.410. The number of aromatic nitrogens is 2. The van der Waals surface area contributed by atoms with E-state index in [1.807, 2.05) is 132 Å². The Labute approximate surface area is 850 Å². The highest BCUT2D eigenvalue weighted by Gasteiger charge is 2.47. The number of benzene rings is 17. The van der Waals surface area contributed by atoms with Crippen molar-refractivity contribution in [1.82, 2.24) is 9.13 Å². The molecule has 4 heterocycles. The third kappa shape index (κ3) is 18.9. The highest BCUT2D eigenvalue weighted by atomic mass is 15.2. The minimum atomic E-state index is -1.83. The van der Waals surface area contributed by atoms with E-state index in [0.29, 0.717) is 35.1 Å². The van der Waals surface area contributed by atoms with Crippen LogP contribution in [0.2, 0.25) is 0 Å². The Morgan fingerprint density at radius 1 is 0.220 bits per heavy atom. The summed E-state index contributed by atoms with van der Waals surface area (Å²) in [5.41, 5.74) is 30.6. The van der Waals surface area contributed by atoms with Crippen LogP contribution in [0.3, 0.4) is 0 Å². The van der Waals surface area contributed by atoms with Gasteiger partial charge in [0.15, 0.2) is 0 Å². The van der Waals surface area contributed by atoms with Gasteiger partial charge in [0, 0.05) is 88.9 Å². The molecule has 4 nitrogen and oxygen atoms in total. The standard InChI is InChI=1S/C136H135BN4/c1-130(2,3)82-88-38-34-50-102(66-88)109-70-92(86-134(13,14)15)71-110(103-51-35-39-89(67-103)83-131(4,5)6)128(109)140-123-80-107(138-119-62-54-98(94-42-26-22-27-43-94)74-113(119)114-75-99(55-63-120(114)138)95-44-28-23-29-45-95)58-60-117(123)137-118-61-59-108(139-121-64-56-100(96-46-30-24-31-47-96)76-115(121)116-77-101(57-65-122(116)139)97-48-32-25-33-49-97)81-124(118)141(126-79-106(136(19,20)21)78-125(140)127(126)137)129-111(104-52-36-40-90(68-104)84-132(7,8)9)72-93(87-135(16,17)18)73-112(129)105-53-37-41-91(69-105)85-133(10,11)12/h22-81H,82-87H2,1-21H3/i82D2,83D2,84D2,85D2. The number of fused-ring (bicyclic) bond motifs is 10. The van der Waals surface area contributed by atoms with Crippen LogP contribution in [0.4, 0.5) is 34.1 Å². The van der Waals surface area contributed by atoms with Crippen molar-refractivity contribution in [3.8, 4) is 100 Å². The van der Waals surface area contributed by atoms with Crippen molar-refractivity contribution in [2.45, 2.75) is 189 Å². The molecule has 19 aromatic rings. The molecule has 0 unspecified atom stereocenters. The Hall–Kier alpha value is -14.0. The van der Waals surface area contributed by atoms with Crippen molar-refractivity contribution >= 4 is 101 Å². The molecule has 0 N–H and O–H groups in total. The van der Waals surface area contributed by atoms with Crippen LogP contribution in [-0.2, 0) is 43.7 Å². The highest BCUT2D eigenvalue weighted by molar-refractivity contribution is 7.00. The van der Waals surface area contributed by atoms with Gasteiger partial charge in [-0.15, -0.1) is 0 Å². The first-order valence-corrected chi connectivity index (χ1v) is 50.5. The molecule has 0 saturated carbocycles. The van der Waals surface area contributed by atoms with E-state index >= 15 is 0 Å². The van der Waals surface area contributed by atoms with Gasteiger partial charge >= 0.3 is 0 Å². The second-order valence-corrected chi connectivity index (χ2v) is 47.2. The van der Waals surface area contributed by atoms with Crippen molar-refractivity contribution in [1.29, 1.82) is 0 Å². The summed E-state index contributed by atoms with van der Waals surface area (Å²) in [5, 5.41) is 4.39. The van der Waals surface area contributed by atoms with E-state index < -0.39 is 59.3 Å². The maximum atomic E-state index is 10.3. The summed E-state index contributed by atoms with van der Waals surface area (Å²) in [4.78, 5) is 5.18. The average Bonchev–Trinajstić information content (AvgIpc) is 1.05. The first-order chi connectivity index (χ1) is 70.3. The van der Waals surface area contributed by atoms with Gasteiger partial charge in [-0.3, -0.25) is 0 Å².